The van der Waals surface area contributed by atoms with Crippen molar-refractivity contribution in [3.8, 4) is 0 Å². The van der Waals surface area contributed by atoms with E-state index in [4.69, 9.17) is 9.47 Å². The Morgan fingerprint density at radius 3 is 1.38 bits per heavy atom. The van der Waals surface area contributed by atoms with Gasteiger partial charge in [0.25, 0.3) is 0 Å². The van der Waals surface area contributed by atoms with Crippen LogP contribution < -0.4 is 5.32 Å². The molecule has 1 rings (SSSR count). The largest absolute Gasteiger partial charge is 0.397 e. The standard InChI is InChI=1S/C52H101NO11S/c1-3-5-7-9-11-13-15-17-19-21-22-23-24-26-28-30-32-34-36-38-40-42-48(56)53-45(44-62-52-50(58)51(64-65(59,60)61)49(57)47(43-54)63-52)46(55)41-39-37-35-33-31-29-27-25-20-18-16-14-12-10-8-6-4-2/h23-24,45-47,49-52,54-55,57-58H,3-22,25-44H2,1-2H3,(H,53,56)(H,59,60,61)/b24-23-. The minimum absolute atomic E-state index is 0.231. The summed E-state index contributed by atoms with van der Waals surface area (Å²) in [5.74, 6) is -0.231. The lowest BCUT2D eigenvalue weighted by Crippen LogP contribution is -2.61. The lowest BCUT2D eigenvalue weighted by atomic mass is 9.99. The quantitative estimate of drug-likeness (QED) is 0.0193. The molecule has 13 heteroatoms. The number of amides is 1. The predicted molar refractivity (Wildman–Crippen MR) is 264 cm³/mol. The van der Waals surface area contributed by atoms with E-state index in [1.807, 2.05) is 0 Å². The van der Waals surface area contributed by atoms with E-state index in [0.717, 1.165) is 51.4 Å². The molecule has 0 bridgehead atoms. The minimum Gasteiger partial charge on any atom is -0.394 e. The van der Waals surface area contributed by atoms with Crippen LogP contribution in [0.3, 0.4) is 0 Å². The van der Waals surface area contributed by atoms with Crippen molar-refractivity contribution in [3.05, 3.63) is 12.2 Å². The third kappa shape index (κ3) is 35.6. The fourth-order valence-corrected chi connectivity index (χ4v) is 9.38. The van der Waals surface area contributed by atoms with E-state index in [1.54, 1.807) is 0 Å². The van der Waals surface area contributed by atoms with Crippen molar-refractivity contribution in [1.29, 1.82) is 0 Å². The van der Waals surface area contributed by atoms with Crippen LogP contribution in [0, 0.1) is 0 Å². The Labute approximate surface area is 398 Å². The molecule has 6 N–H and O–H groups in total. The predicted octanol–water partition coefficient (Wildman–Crippen LogP) is 11.9. The van der Waals surface area contributed by atoms with Gasteiger partial charge in [-0.1, -0.05) is 225 Å². The lowest BCUT2D eigenvalue weighted by molar-refractivity contribution is -0.298. The van der Waals surface area contributed by atoms with Crippen molar-refractivity contribution in [2.75, 3.05) is 13.2 Å². The number of allylic oxidation sites excluding steroid dienone is 2. The molecule has 0 saturated carbocycles. The summed E-state index contributed by atoms with van der Waals surface area (Å²) in [5, 5.41) is 45.0. The second kappa shape index (κ2) is 42.9. The van der Waals surface area contributed by atoms with E-state index >= 15 is 0 Å². The van der Waals surface area contributed by atoms with Crippen LogP contribution >= 0.6 is 0 Å². The van der Waals surface area contributed by atoms with Gasteiger partial charge in [0.2, 0.25) is 5.91 Å². The van der Waals surface area contributed by atoms with Gasteiger partial charge in [-0.15, -0.1) is 0 Å². The first kappa shape index (κ1) is 61.9. The Morgan fingerprint density at radius 1 is 0.600 bits per heavy atom. The van der Waals surface area contributed by atoms with Gasteiger partial charge in [-0.05, 0) is 38.5 Å². The fraction of sp³-hybridized carbons (Fsp3) is 0.942. The van der Waals surface area contributed by atoms with Crippen molar-refractivity contribution >= 4 is 16.3 Å². The van der Waals surface area contributed by atoms with Crippen LogP contribution in [-0.2, 0) is 28.9 Å². The van der Waals surface area contributed by atoms with Gasteiger partial charge in [0, 0.05) is 6.42 Å². The molecule has 0 aromatic heterocycles. The molecule has 1 fully saturated rings. The van der Waals surface area contributed by atoms with E-state index < -0.39 is 59.9 Å². The summed E-state index contributed by atoms with van der Waals surface area (Å²) >= 11 is 0. The Morgan fingerprint density at radius 2 is 0.985 bits per heavy atom. The second-order valence-corrected chi connectivity index (χ2v) is 20.2. The van der Waals surface area contributed by atoms with E-state index in [9.17, 15) is 38.2 Å². The third-order valence-corrected chi connectivity index (χ3v) is 13.5. The van der Waals surface area contributed by atoms with Gasteiger partial charge in [0.05, 0.1) is 25.4 Å². The first-order valence-electron chi connectivity index (χ1n) is 27.1. The zero-order valence-corrected chi connectivity index (χ0v) is 42.4. The average molecular weight is 948 g/mol. The fourth-order valence-electron chi connectivity index (χ4n) is 8.87. The van der Waals surface area contributed by atoms with Gasteiger partial charge in [0.1, 0.15) is 24.4 Å². The second-order valence-electron chi connectivity index (χ2n) is 19.2. The summed E-state index contributed by atoms with van der Waals surface area (Å²) in [6.07, 6.45) is 40.6. The Kier molecular flexibility index (Phi) is 40.8. The van der Waals surface area contributed by atoms with Gasteiger partial charge in [-0.2, -0.15) is 8.42 Å². The van der Waals surface area contributed by atoms with Crippen LogP contribution in [0.4, 0.5) is 0 Å². The van der Waals surface area contributed by atoms with Crippen LogP contribution in [0.25, 0.3) is 0 Å². The molecule has 1 amide bonds. The van der Waals surface area contributed by atoms with Crippen molar-refractivity contribution < 1.29 is 51.8 Å². The summed E-state index contributed by atoms with van der Waals surface area (Å²) in [4.78, 5) is 13.1. The summed E-state index contributed by atoms with van der Waals surface area (Å²) in [6.45, 7) is 3.48. The van der Waals surface area contributed by atoms with Gasteiger partial charge in [0.15, 0.2) is 6.29 Å². The molecule has 1 saturated heterocycles. The average Bonchev–Trinajstić information content (AvgIpc) is 3.28. The first-order valence-corrected chi connectivity index (χ1v) is 28.4. The zero-order valence-electron chi connectivity index (χ0n) is 41.6. The maximum Gasteiger partial charge on any atom is 0.397 e. The number of hydrogen-bond donors (Lipinski definition) is 6. The number of carbonyl (C=O) groups is 1. The number of nitrogens with one attached hydrogen (secondary N) is 1. The SMILES string of the molecule is CCCCCCCCCCCC/C=C\CCCCCCCCCC(=O)NC(COC1OC(CO)C(O)C(OS(=O)(=O)O)C1O)C(O)CCCCCCCCCCCCCCCCCCC. The molecule has 0 aromatic carbocycles. The third-order valence-electron chi connectivity index (χ3n) is 13.1. The van der Waals surface area contributed by atoms with Gasteiger partial charge >= 0.3 is 10.4 Å². The highest BCUT2D eigenvalue weighted by Crippen LogP contribution is 2.26. The number of aliphatic hydroxyl groups is 4. The monoisotopic (exact) mass is 948 g/mol. The smallest absolute Gasteiger partial charge is 0.394 e. The number of hydrogen-bond acceptors (Lipinski definition) is 10. The molecule has 0 aliphatic carbocycles. The molecule has 1 aliphatic rings. The molecule has 7 unspecified atom stereocenters. The van der Waals surface area contributed by atoms with Crippen molar-refractivity contribution in [3.63, 3.8) is 0 Å². The molecule has 386 valence electrons. The van der Waals surface area contributed by atoms with Crippen LogP contribution in [0.1, 0.15) is 258 Å². The maximum absolute atomic E-state index is 13.1. The summed E-state index contributed by atoms with van der Waals surface area (Å²) in [5.41, 5.74) is 0. The number of carbonyl (C=O) groups excluding carboxylic acids is 1. The lowest BCUT2D eigenvalue weighted by Gasteiger charge is -2.41. The number of aliphatic hydroxyl groups excluding tert-OH is 4. The van der Waals surface area contributed by atoms with E-state index in [2.05, 4.69) is 35.5 Å². The summed E-state index contributed by atoms with van der Waals surface area (Å²) < 4.78 is 47.8. The van der Waals surface area contributed by atoms with Crippen molar-refractivity contribution in [2.45, 2.75) is 301 Å². The molecular weight excluding hydrogens is 847 g/mol. The van der Waals surface area contributed by atoms with Gasteiger partial charge < -0.3 is 35.2 Å². The Balaban J connectivity index is 2.40. The van der Waals surface area contributed by atoms with Gasteiger partial charge in [-0.25, -0.2) is 4.18 Å². The molecule has 65 heavy (non-hydrogen) atoms. The number of ether oxygens (including phenoxy) is 2. The van der Waals surface area contributed by atoms with Crippen LogP contribution in [-0.4, -0.2) is 95.4 Å². The zero-order chi connectivity index (χ0) is 47.6. The molecule has 0 aromatic rings. The van der Waals surface area contributed by atoms with E-state index in [0.29, 0.717) is 12.8 Å². The van der Waals surface area contributed by atoms with E-state index in [1.165, 1.54) is 173 Å². The molecule has 1 heterocycles. The summed E-state index contributed by atoms with van der Waals surface area (Å²) in [6, 6.07) is -0.858. The highest BCUT2D eigenvalue weighted by molar-refractivity contribution is 7.80. The van der Waals surface area contributed by atoms with Crippen molar-refractivity contribution in [1.82, 2.24) is 5.32 Å². The van der Waals surface area contributed by atoms with Crippen molar-refractivity contribution in [2.24, 2.45) is 0 Å². The normalized spacial score (nSPS) is 20.1. The number of unbranched alkanes of at least 4 members (excludes halogenated alkanes) is 33. The van der Waals surface area contributed by atoms with Crippen LogP contribution in [0.2, 0.25) is 0 Å². The molecule has 12 nitrogen and oxygen atoms in total. The summed E-state index contributed by atoms with van der Waals surface area (Å²) in [7, 11) is -5.08. The Bertz CT molecular complexity index is 1210. The van der Waals surface area contributed by atoms with Crippen LogP contribution in [0.15, 0.2) is 12.2 Å². The van der Waals surface area contributed by atoms with E-state index in [-0.39, 0.29) is 18.9 Å². The first-order chi connectivity index (χ1) is 31.5. The van der Waals surface area contributed by atoms with Gasteiger partial charge in [-0.3, -0.25) is 9.35 Å². The Hall–Kier alpha value is -1.16. The minimum atomic E-state index is -5.08. The maximum atomic E-state index is 13.1. The molecular formula is C52H101NO11S. The highest BCUT2D eigenvalue weighted by Gasteiger charge is 2.48. The number of rotatable bonds is 47. The molecule has 7 atom stereocenters. The highest BCUT2D eigenvalue weighted by atomic mass is 32.3. The molecule has 0 radical (unpaired) electrons. The van der Waals surface area contributed by atoms with Crippen LogP contribution in [0.5, 0.6) is 0 Å². The molecule has 1 aliphatic heterocycles. The molecule has 0 spiro atoms. The topological polar surface area (TPSA) is 192 Å².